The van der Waals surface area contributed by atoms with Crippen molar-refractivity contribution < 1.29 is 14.6 Å². The Kier molecular flexibility index (Phi) is 4.57. The number of pyridine rings is 1. The fourth-order valence-corrected chi connectivity index (χ4v) is 3.06. The number of benzene rings is 1. The summed E-state index contributed by atoms with van der Waals surface area (Å²) >= 11 is 0. The van der Waals surface area contributed by atoms with Gasteiger partial charge in [0, 0.05) is 18.7 Å². The number of nitrogens with one attached hydrogen (secondary N) is 1. The van der Waals surface area contributed by atoms with Crippen LogP contribution in [0.1, 0.15) is 46.1 Å². The number of rotatable bonds is 5. The molecule has 1 atom stereocenters. The first-order valence-electron chi connectivity index (χ1n) is 7.77. The highest BCUT2D eigenvalue weighted by Gasteiger charge is 2.21. The summed E-state index contributed by atoms with van der Waals surface area (Å²) in [5.74, 6) is -0.261. The molecule has 1 aliphatic rings. The summed E-state index contributed by atoms with van der Waals surface area (Å²) in [6.45, 7) is 0.655. The molecular weight excluding hydrogens is 292 g/mol. The molecule has 0 bridgehead atoms. The van der Waals surface area contributed by atoms with E-state index in [-0.39, 0.29) is 6.04 Å². The summed E-state index contributed by atoms with van der Waals surface area (Å²) in [6.07, 6.45) is 3.04. The number of carboxylic acid groups (broad SMARTS) is 1. The van der Waals surface area contributed by atoms with Gasteiger partial charge in [0.15, 0.2) is 0 Å². The summed E-state index contributed by atoms with van der Waals surface area (Å²) in [6, 6.07) is 11.4. The van der Waals surface area contributed by atoms with E-state index in [1.165, 1.54) is 5.56 Å². The lowest BCUT2D eigenvalue weighted by Crippen LogP contribution is -2.25. The monoisotopic (exact) mass is 312 g/mol. The lowest BCUT2D eigenvalue weighted by atomic mass is 9.86. The molecule has 3 rings (SSSR count). The van der Waals surface area contributed by atoms with E-state index in [1.54, 1.807) is 19.2 Å². The van der Waals surface area contributed by atoms with E-state index in [1.807, 2.05) is 24.3 Å². The number of ether oxygens (including phenoxy) is 1. The van der Waals surface area contributed by atoms with Crippen molar-refractivity contribution in [2.45, 2.75) is 31.8 Å². The number of aryl methyl sites for hydroxylation is 1. The van der Waals surface area contributed by atoms with Gasteiger partial charge in [0.05, 0.1) is 18.4 Å². The quantitative estimate of drug-likeness (QED) is 0.888. The zero-order valence-corrected chi connectivity index (χ0v) is 13.1. The fraction of sp³-hybridized carbons (Fsp3) is 0.333. The molecule has 0 amide bonds. The predicted octanol–water partition coefficient (Wildman–Crippen LogP) is 2.96. The van der Waals surface area contributed by atoms with Gasteiger partial charge in [0.1, 0.15) is 0 Å². The van der Waals surface area contributed by atoms with E-state index in [4.69, 9.17) is 9.84 Å². The number of aromatic carboxylic acids is 1. The van der Waals surface area contributed by atoms with Gasteiger partial charge in [-0.25, -0.2) is 9.78 Å². The van der Waals surface area contributed by atoms with Crippen LogP contribution in [0.4, 0.5) is 0 Å². The summed E-state index contributed by atoms with van der Waals surface area (Å²) in [5.41, 5.74) is 3.62. The molecule has 5 nitrogen and oxygen atoms in total. The molecule has 1 heterocycles. The number of nitrogens with zero attached hydrogens (tertiary/aromatic N) is 1. The predicted molar refractivity (Wildman–Crippen MR) is 86.7 cm³/mol. The van der Waals surface area contributed by atoms with Crippen LogP contribution in [0.15, 0.2) is 36.4 Å². The highest BCUT2D eigenvalue weighted by atomic mass is 16.5. The van der Waals surface area contributed by atoms with Gasteiger partial charge in [0.25, 0.3) is 0 Å². The molecule has 0 aliphatic heterocycles. The van der Waals surface area contributed by atoms with Crippen molar-refractivity contribution in [3.8, 4) is 5.88 Å². The Bertz CT molecular complexity index is 715. The lowest BCUT2D eigenvalue weighted by molar-refractivity contribution is 0.0696. The van der Waals surface area contributed by atoms with Crippen molar-refractivity contribution in [3.05, 3.63) is 58.8 Å². The summed E-state index contributed by atoms with van der Waals surface area (Å²) in [5, 5.41) is 12.6. The molecule has 1 aliphatic carbocycles. The van der Waals surface area contributed by atoms with Crippen LogP contribution in [0, 0.1) is 0 Å². The molecule has 0 spiro atoms. The second-order valence-electron chi connectivity index (χ2n) is 5.72. The van der Waals surface area contributed by atoms with Crippen molar-refractivity contribution in [1.82, 2.24) is 10.3 Å². The average molecular weight is 312 g/mol. The Balaban J connectivity index is 1.74. The van der Waals surface area contributed by atoms with Crippen LogP contribution in [0.3, 0.4) is 0 Å². The highest BCUT2D eigenvalue weighted by Crippen LogP contribution is 2.30. The number of methoxy groups -OCH3 is 1. The molecule has 120 valence electrons. The first-order chi connectivity index (χ1) is 11.2. The minimum Gasteiger partial charge on any atom is -0.481 e. The summed E-state index contributed by atoms with van der Waals surface area (Å²) in [4.78, 5) is 15.5. The second kappa shape index (κ2) is 6.79. The molecule has 1 aromatic heterocycles. The maximum atomic E-state index is 11.1. The zero-order chi connectivity index (χ0) is 16.2. The van der Waals surface area contributed by atoms with Gasteiger partial charge >= 0.3 is 5.97 Å². The molecule has 0 saturated heterocycles. The first kappa shape index (κ1) is 15.5. The smallest absolute Gasteiger partial charge is 0.335 e. The molecule has 2 N–H and O–H groups in total. The summed E-state index contributed by atoms with van der Waals surface area (Å²) < 4.78 is 5.14. The van der Waals surface area contributed by atoms with Crippen LogP contribution in [0.5, 0.6) is 5.88 Å². The fourth-order valence-electron chi connectivity index (χ4n) is 3.06. The Hall–Kier alpha value is -2.40. The van der Waals surface area contributed by atoms with Crippen molar-refractivity contribution >= 4 is 5.97 Å². The SMILES string of the molecule is COc1cccc(CNC2CCCc3cc(C(=O)O)ccc32)n1. The Labute approximate surface area is 135 Å². The van der Waals surface area contributed by atoms with E-state index in [0.717, 1.165) is 30.5 Å². The Morgan fingerprint density at radius 3 is 3.04 bits per heavy atom. The third-order valence-corrected chi connectivity index (χ3v) is 4.22. The highest BCUT2D eigenvalue weighted by molar-refractivity contribution is 5.88. The maximum absolute atomic E-state index is 11.1. The summed E-state index contributed by atoms with van der Waals surface area (Å²) in [7, 11) is 1.61. The number of fused-ring (bicyclic) bond motifs is 1. The van der Waals surface area contributed by atoms with E-state index in [9.17, 15) is 4.79 Å². The molecule has 0 saturated carbocycles. The minimum atomic E-state index is -0.872. The van der Waals surface area contributed by atoms with Gasteiger partial charge < -0.3 is 15.2 Å². The van der Waals surface area contributed by atoms with E-state index in [2.05, 4.69) is 10.3 Å². The molecule has 0 fully saturated rings. The molecule has 23 heavy (non-hydrogen) atoms. The number of carbonyl (C=O) groups is 1. The molecular formula is C18H20N2O3. The Morgan fingerprint density at radius 2 is 2.26 bits per heavy atom. The van der Waals surface area contributed by atoms with Gasteiger partial charge in [-0.2, -0.15) is 0 Å². The van der Waals surface area contributed by atoms with E-state index >= 15 is 0 Å². The van der Waals surface area contributed by atoms with Crippen molar-refractivity contribution in [2.75, 3.05) is 7.11 Å². The molecule has 2 aromatic rings. The van der Waals surface area contributed by atoms with Gasteiger partial charge in [0.2, 0.25) is 5.88 Å². The van der Waals surface area contributed by atoms with Crippen LogP contribution >= 0.6 is 0 Å². The molecule has 1 aromatic carbocycles. The average Bonchev–Trinajstić information content (AvgIpc) is 2.59. The van der Waals surface area contributed by atoms with Crippen molar-refractivity contribution in [2.24, 2.45) is 0 Å². The van der Waals surface area contributed by atoms with Crippen LogP contribution < -0.4 is 10.1 Å². The van der Waals surface area contributed by atoms with Crippen molar-refractivity contribution in [3.63, 3.8) is 0 Å². The van der Waals surface area contributed by atoms with E-state index in [0.29, 0.717) is 18.0 Å². The third-order valence-electron chi connectivity index (χ3n) is 4.22. The second-order valence-corrected chi connectivity index (χ2v) is 5.72. The van der Waals surface area contributed by atoms with Gasteiger partial charge in [-0.05, 0) is 48.6 Å². The third kappa shape index (κ3) is 3.51. The standard InChI is InChI=1S/C18H20N2O3/c1-23-17-7-3-5-14(20-17)11-19-16-6-2-4-12-10-13(18(21)22)8-9-15(12)16/h3,5,7-10,16,19H,2,4,6,11H2,1H3,(H,21,22). The molecule has 0 radical (unpaired) electrons. The first-order valence-corrected chi connectivity index (χ1v) is 7.77. The molecule has 5 heteroatoms. The van der Waals surface area contributed by atoms with Crippen molar-refractivity contribution in [1.29, 1.82) is 0 Å². The number of hydrogen-bond donors (Lipinski definition) is 2. The van der Waals surface area contributed by atoms with E-state index < -0.39 is 5.97 Å². The van der Waals surface area contributed by atoms with Crippen LogP contribution in [0.2, 0.25) is 0 Å². The largest absolute Gasteiger partial charge is 0.481 e. The van der Waals surface area contributed by atoms with Gasteiger partial charge in [-0.3, -0.25) is 0 Å². The van der Waals surface area contributed by atoms with Crippen LogP contribution in [-0.2, 0) is 13.0 Å². The zero-order valence-electron chi connectivity index (χ0n) is 13.1. The number of aromatic nitrogens is 1. The van der Waals surface area contributed by atoms with Gasteiger partial charge in [-0.1, -0.05) is 12.1 Å². The van der Waals surface area contributed by atoms with Crippen LogP contribution in [0.25, 0.3) is 0 Å². The minimum absolute atomic E-state index is 0.231. The van der Waals surface area contributed by atoms with Crippen LogP contribution in [-0.4, -0.2) is 23.2 Å². The topological polar surface area (TPSA) is 71.5 Å². The Morgan fingerprint density at radius 1 is 1.39 bits per heavy atom. The number of hydrogen-bond acceptors (Lipinski definition) is 4. The van der Waals surface area contributed by atoms with Gasteiger partial charge in [-0.15, -0.1) is 0 Å². The molecule has 1 unspecified atom stereocenters. The number of carboxylic acids is 1. The normalized spacial score (nSPS) is 16.7. The lowest BCUT2D eigenvalue weighted by Gasteiger charge is -2.26. The maximum Gasteiger partial charge on any atom is 0.335 e.